The molecule has 176 valence electrons. The van der Waals surface area contributed by atoms with E-state index >= 15 is 0 Å². The lowest BCUT2D eigenvalue weighted by Gasteiger charge is -2.38. The van der Waals surface area contributed by atoms with Gasteiger partial charge < -0.3 is 14.4 Å². The maximum Gasteiger partial charge on any atom is 0.239 e. The lowest BCUT2D eigenvalue weighted by molar-refractivity contribution is -0.184. The van der Waals surface area contributed by atoms with Crippen molar-refractivity contribution in [1.82, 2.24) is 4.57 Å². The molecule has 0 bridgehead atoms. The normalized spacial score (nSPS) is 19.7. The number of aromatic nitrogens is 1. The van der Waals surface area contributed by atoms with E-state index in [1.165, 1.54) is 19.3 Å². The van der Waals surface area contributed by atoms with E-state index in [4.69, 9.17) is 9.88 Å². The molecular weight excluding hydrogens is 424 g/mol. The predicted molar refractivity (Wildman–Crippen MR) is 126 cm³/mol. The number of rotatable bonds is 5. The van der Waals surface area contributed by atoms with Crippen LogP contribution in [0.5, 0.6) is 0 Å². The fourth-order valence-corrected chi connectivity index (χ4v) is 5.75. The van der Waals surface area contributed by atoms with E-state index in [-0.39, 0.29) is 23.5 Å². The summed E-state index contributed by atoms with van der Waals surface area (Å²) in [5.41, 5.74) is 3.19. The van der Waals surface area contributed by atoms with Crippen molar-refractivity contribution in [1.29, 1.82) is 0 Å². The minimum absolute atomic E-state index is 0.135. The standard InChI is InChI=1S/C25H36N2O4S/c1-17-23(32(26,29)30)13-22(27(17)14-18-8-6-5-7-9-18)19-10-20(24(2,3)4)12-21(11-19)25(28)15-31-16-25/h10-13,18,28H,5-9,14-16H2,1-4H3,(H2,26,29,30). The third-order valence-corrected chi connectivity index (χ3v) is 8.13. The van der Waals surface area contributed by atoms with Crippen LogP contribution in [0.3, 0.4) is 0 Å². The quantitative estimate of drug-likeness (QED) is 0.699. The Morgan fingerprint density at radius 1 is 1.12 bits per heavy atom. The summed E-state index contributed by atoms with van der Waals surface area (Å²) in [6.07, 6.45) is 6.03. The van der Waals surface area contributed by atoms with Crippen molar-refractivity contribution in [3.8, 4) is 11.3 Å². The number of benzene rings is 1. The van der Waals surface area contributed by atoms with Crippen molar-refractivity contribution in [3.05, 3.63) is 41.1 Å². The first kappa shape index (κ1) is 23.5. The van der Waals surface area contributed by atoms with Crippen LogP contribution in [0.15, 0.2) is 29.2 Å². The summed E-state index contributed by atoms with van der Waals surface area (Å²) in [6, 6.07) is 7.86. The van der Waals surface area contributed by atoms with Crippen molar-refractivity contribution in [2.75, 3.05) is 13.2 Å². The Labute approximate surface area is 191 Å². The van der Waals surface area contributed by atoms with Gasteiger partial charge in [-0.05, 0) is 66.0 Å². The lowest BCUT2D eigenvalue weighted by atomic mass is 9.81. The van der Waals surface area contributed by atoms with E-state index in [0.29, 0.717) is 11.6 Å². The van der Waals surface area contributed by atoms with E-state index in [1.807, 2.05) is 19.1 Å². The van der Waals surface area contributed by atoms with Crippen LogP contribution in [-0.4, -0.2) is 31.3 Å². The first-order chi connectivity index (χ1) is 14.9. The molecule has 2 heterocycles. The van der Waals surface area contributed by atoms with Gasteiger partial charge in [-0.2, -0.15) is 0 Å². The Morgan fingerprint density at radius 2 is 1.78 bits per heavy atom. The third kappa shape index (κ3) is 4.53. The van der Waals surface area contributed by atoms with Crippen LogP contribution < -0.4 is 5.14 Å². The lowest BCUT2D eigenvalue weighted by Crippen LogP contribution is -2.46. The maximum atomic E-state index is 12.4. The summed E-state index contributed by atoms with van der Waals surface area (Å²) < 4.78 is 32.1. The van der Waals surface area contributed by atoms with E-state index < -0.39 is 15.6 Å². The predicted octanol–water partition coefficient (Wildman–Crippen LogP) is 4.21. The highest BCUT2D eigenvalue weighted by Crippen LogP contribution is 2.38. The van der Waals surface area contributed by atoms with E-state index in [9.17, 15) is 13.5 Å². The molecule has 0 atom stereocenters. The number of sulfonamides is 1. The topological polar surface area (TPSA) is 94.6 Å². The van der Waals surface area contributed by atoms with Gasteiger partial charge in [0.25, 0.3) is 0 Å². The van der Waals surface area contributed by atoms with Gasteiger partial charge >= 0.3 is 0 Å². The smallest absolute Gasteiger partial charge is 0.239 e. The van der Waals surface area contributed by atoms with Gasteiger partial charge in [0.05, 0.1) is 13.2 Å². The monoisotopic (exact) mass is 460 g/mol. The molecule has 7 heteroatoms. The van der Waals surface area contributed by atoms with Gasteiger partial charge in [-0.3, -0.25) is 0 Å². The van der Waals surface area contributed by atoms with Crippen LogP contribution in [-0.2, 0) is 32.3 Å². The van der Waals surface area contributed by atoms with Crippen molar-refractivity contribution in [2.45, 2.75) is 82.3 Å². The zero-order valence-electron chi connectivity index (χ0n) is 19.6. The van der Waals surface area contributed by atoms with Crippen LogP contribution in [0.1, 0.15) is 69.7 Å². The number of aliphatic hydroxyl groups is 1. The number of hydrogen-bond donors (Lipinski definition) is 2. The number of primary sulfonamides is 1. The average molecular weight is 461 g/mol. The molecule has 1 saturated heterocycles. The molecule has 0 amide bonds. The summed E-state index contributed by atoms with van der Waals surface area (Å²) in [5.74, 6) is 0.524. The molecule has 1 aliphatic carbocycles. The van der Waals surface area contributed by atoms with Crippen LogP contribution in [0, 0.1) is 12.8 Å². The van der Waals surface area contributed by atoms with E-state index in [0.717, 1.165) is 41.8 Å². The molecule has 0 unspecified atom stereocenters. The molecule has 2 aliphatic rings. The van der Waals surface area contributed by atoms with Crippen molar-refractivity contribution < 1.29 is 18.3 Å². The van der Waals surface area contributed by atoms with Gasteiger partial charge in [0.2, 0.25) is 10.0 Å². The Balaban J connectivity index is 1.88. The fourth-order valence-electron chi connectivity index (χ4n) is 4.95. The molecule has 0 spiro atoms. The SMILES string of the molecule is Cc1c(S(N)(=O)=O)cc(-c2cc(C(C)(C)C)cc(C3(O)COC3)c2)n1CC1CCCCC1. The Morgan fingerprint density at radius 3 is 2.31 bits per heavy atom. The van der Waals surface area contributed by atoms with E-state index in [1.54, 1.807) is 6.07 Å². The average Bonchev–Trinajstić information content (AvgIpc) is 3.02. The van der Waals surface area contributed by atoms with Gasteiger partial charge in [0.15, 0.2) is 0 Å². The summed E-state index contributed by atoms with van der Waals surface area (Å²) in [5, 5.41) is 16.6. The first-order valence-electron chi connectivity index (χ1n) is 11.6. The van der Waals surface area contributed by atoms with Crippen molar-refractivity contribution >= 4 is 10.0 Å². The van der Waals surface area contributed by atoms with Crippen LogP contribution in [0.4, 0.5) is 0 Å². The number of ether oxygens (including phenoxy) is 1. The molecule has 1 saturated carbocycles. The highest BCUT2D eigenvalue weighted by atomic mass is 32.2. The summed E-state index contributed by atoms with van der Waals surface area (Å²) in [7, 11) is -3.84. The van der Waals surface area contributed by atoms with Gasteiger partial charge in [-0.15, -0.1) is 0 Å². The fraction of sp³-hybridized carbons (Fsp3) is 0.600. The minimum atomic E-state index is -3.84. The highest BCUT2D eigenvalue weighted by Gasteiger charge is 2.39. The van der Waals surface area contributed by atoms with Crippen molar-refractivity contribution in [2.24, 2.45) is 11.1 Å². The minimum Gasteiger partial charge on any atom is -0.380 e. The summed E-state index contributed by atoms with van der Waals surface area (Å²) in [6.45, 7) is 9.57. The number of hydrogen-bond acceptors (Lipinski definition) is 4. The second-order valence-corrected chi connectivity index (χ2v) is 12.2. The maximum absolute atomic E-state index is 12.4. The Bertz CT molecular complexity index is 1100. The summed E-state index contributed by atoms with van der Waals surface area (Å²) in [4.78, 5) is 0.178. The molecule has 3 N–H and O–H groups in total. The second kappa shape index (κ2) is 8.28. The molecule has 0 radical (unpaired) electrons. The molecule has 6 nitrogen and oxygen atoms in total. The Hall–Kier alpha value is -1.67. The van der Waals surface area contributed by atoms with Gasteiger partial charge in [0.1, 0.15) is 10.5 Å². The molecular formula is C25H36N2O4S. The molecule has 4 rings (SSSR count). The van der Waals surface area contributed by atoms with Gasteiger partial charge in [0, 0.05) is 17.9 Å². The van der Waals surface area contributed by atoms with Crippen LogP contribution >= 0.6 is 0 Å². The first-order valence-corrected chi connectivity index (χ1v) is 13.1. The molecule has 1 aliphatic heterocycles. The number of nitrogens with zero attached hydrogens (tertiary/aromatic N) is 1. The van der Waals surface area contributed by atoms with E-state index in [2.05, 4.69) is 31.4 Å². The second-order valence-electron chi connectivity index (χ2n) is 10.7. The molecule has 1 aromatic heterocycles. The number of nitrogens with two attached hydrogens (primary N) is 1. The highest BCUT2D eigenvalue weighted by molar-refractivity contribution is 7.89. The molecule has 1 aromatic carbocycles. The molecule has 2 fully saturated rings. The van der Waals surface area contributed by atoms with Gasteiger partial charge in [-0.25, -0.2) is 13.6 Å². The largest absolute Gasteiger partial charge is 0.380 e. The van der Waals surface area contributed by atoms with Crippen LogP contribution in [0.25, 0.3) is 11.3 Å². The van der Waals surface area contributed by atoms with Gasteiger partial charge in [-0.1, -0.05) is 46.1 Å². The third-order valence-electron chi connectivity index (χ3n) is 7.11. The van der Waals surface area contributed by atoms with Crippen LogP contribution in [0.2, 0.25) is 0 Å². The molecule has 32 heavy (non-hydrogen) atoms. The summed E-state index contributed by atoms with van der Waals surface area (Å²) >= 11 is 0. The molecule has 2 aromatic rings. The zero-order valence-corrected chi connectivity index (χ0v) is 20.5. The van der Waals surface area contributed by atoms with Crippen molar-refractivity contribution in [3.63, 3.8) is 0 Å². The Kier molecular flexibility index (Phi) is 6.07. The zero-order chi connectivity index (χ0) is 23.3.